The molecule has 7 N–H and O–H groups in total. The molecule has 0 amide bonds. The number of ether oxygens (including phenoxy) is 1. The van der Waals surface area contributed by atoms with E-state index in [1.165, 1.54) is 0 Å². The van der Waals surface area contributed by atoms with Crippen molar-refractivity contribution in [3.05, 3.63) is 0 Å². The van der Waals surface area contributed by atoms with Crippen molar-refractivity contribution in [1.82, 2.24) is 0 Å². The van der Waals surface area contributed by atoms with Gasteiger partial charge in [-0.25, -0.2) is 4.57 Å². The van der Waals surface area contributed by atoms with Crippen LogP contribution in [0.4, 0.5) is 0 Å². The maximum absolute atomic E-state index is 10.6. The van der Waals surface area contributed by atoms with Gasteiger partial charge in [0.1, 0.15) is 30.5 Å². The zero-order valence-electron chi connectivity index (χ0n) is 8.97. The van der Waals surface area contributed by atoms with Crippen molar-refractivity contribution in [2.24, 2.45) is 0 Å². The Bertz CT molecular complexity index is 317. The van der Waals surface area contributed by atoms with E-state index >= 15 is 0 Å². The molecule has 0 unspecified atom stereocenters. The summed E-state index contributed by atoms with van der Waals surface area (Å²) in [5.41, 5.74) is 0. The van der Waals surface area contributed by atoms with Gasteiger partial charge in [-0.3, -0.25) is 4.52 Å². The first-order chi connectivity index (χ1) is 8.17. The van der Waals surface area contributed by atoms with E-state index in [1.807, 2.05) is 0 Å². The van der Waals surface area contributed by atoms with E-state index in [-0.39, 0.29) is 0 Å². The highest BCUT2D eigenvalue weighted by molar-refractivity contribution is 7.46. The molecule has 6 atom stereocenters. The van der Waals surface area contributed by atoms with Gasteiger partial charge in [0.2, 0.25) is 0 Å². The van der Waals surface area contributed by atoms with Crippen LogP contribution in [-0.2, 0) is 13.8 Å². The van der Waals surface area contributed by atoms with Crippen LogP contribution < -0.4 is 0 Å². The molecule has 0 aliphatic carbocycles. The lowest BCUT2D eigenvalue weighted by Crippen LogP contribution is -2.61. The molecular weight excluding hydrogens is 275 g/mol. The summed E-state index contributed by atoms with van der Waals surface area (Å²) in [4.78, 5) is 17.1. The van der Waals surface area contributed by atoms with Gasteiger partial charge in [0, 0.05) is 0 Å². The molecule has 1 fully saturated rings. The average Bonchev–Trinajstić information content (AvgIpc) is 2.27. The Hall–Kier alpha value is -0.130. The molecule has 0 aromatic carbocycles. The third kappa shape index (κ3) is 3.68. The monoisotopic (exact) mass is 290 g/mol. The Balaban J connectivity index is 2.84. The first-order valence-electron chi connectivity index (χ1n) is 4.90. The molecule has 0 spiro atoms. The fourth-order valence-corrected chi connectivity index (χ4v) is 1.96. The van der Waals surface area contributed by atoms with E-state index in [2.05, 4.69) is 4.52 Å². The molecule has 108 valence electrons. The molecule has 0 radical (unpaired) electrons. The largest absolute Gasteiger partial charge is 0.472 e. The molecular formula is C7H15O10P. The second-order valence-corrected chi connectivity index (χ2v) is 4.98. The van der Waals surface area contributed by atoms with Gasteiger partial charge in [-0.15, -0.1) is 0 Å². The number of rotatable bonds is 4. The Labute approximate surface area is 101 Å². The van der Waals surface area contributed by atoms with Gasteiger partial charge in [-0.1, -0.05) is 0 Å². The topological polar surface area (TPSA) is 177 Å². The highest BCUT2D eigenvalue weighted by Gasteiger charge is 2.48. The quantitative estimate of drug-likeness (QED) is 0.254. The van der Waals surface area contributed by atoms with Gasteiger partial charge in [-0.2, -0.15) is 0 Å². The minimum Gasteiger partial charge on any atom is -0.394 e. The van der Waals surface area contributed by atoms with Gasteiger partial charge in [0.05, 0.1) is 6.61 Å². The van der Waals surface area contributed by atoms with Crippen LogP contribution in [0.1, 0.15) is 0 Å². The van der Waals surface area contributed by atoms with Crippen molar-refractivity contribution in [2.45, 2.75) is 36.8 Å². The van der Waals surface area contributed by atoms with Crippen molar-refractivity contribution >= 4 is 7.82 Å². The number of hydrogen-bond donors (Lipinski definition) is 7. The van der Waals surface area contributed by atoms with Gasteiger partial charge in [0.25, 0.3) is 0 Å². The highest BCUT2D eigenvalue weighted by Crippen LogP contribution is 2.40. The van der Waals surface area contributed by atoms with E-state index in [9.17, 15) is 25.0 Å². The van der Waals surface area contributed by atoms with E-state index in [1.54, 1.807) is 0 Å². The van der Waals surface area contributed by atoms with Gasteiger partial charge in [0.15, 0.2) is 6.29 Å². The Morgan fingerprint density at radius 2 is 1.72 bits per heavy atom. The van der Waals surface area contributed by atoms with Gasteiger partial charge < -0.3 is 40.1 Å². The van der Waals surface area contributed by atoms with Crippen LogP contribution in [0.5, 0.6) is 0 Å². The molecule has 18 heavy (non-hydrogen) atoms. The van der Waals surface area contributed by atoms with Crippen molar-refractivity contribution in [3.8, 4) is 0 Å². The predicted molar refractivity (Wildman–Crippen MR) is 52.9 cm³/mol. The first kappa shape index (κ1) is 15.9. The van der Waals surface area contributed by atoms with Crippen LogP contribution in [0.3, 0.4) is 0 Å². The van der Waals surface area contributed by atoms with Gasteiger partial charge >= 0.3 is 7.82 Å². The molecule has 1 aliphatic heterocycles. The van der Waals surface area contributed by atoms with Crippen molar-refractivity contribution in [1.29, 1.82) is 0 Å². The van der Waals surface area contributed by atoms with Crippen LogP contribution in [0.15, 0.2) is 0 Å². The number of phosphoric acid groups is 1. The SMILES string of the molecule is O=P(O)(O)O[C@@H]1O[C@H]([C@H](O)CO)[C@@H](O)[C@H](O)[C@@H]1O. The molecule has 0 aromatic rings. The average molecular weight is 290 g/mol. The summed E-state index contributed by atoms with van der Waals surface area (Å²) in [6.45, 7) is -0.826. The van der Waals surface area contributed by atoms with E-state index in [0.717, 1.165) is 0 Å². The number of aliphatic hydroxyl groups excluding tert-OH is 5. The van der Waals surface area contributed by atoms with Crippen LogP contribution in [0.25, 0.3) is 0 Å². The predicted octanol–water partition coefficient (Wildman–Crippen LogP) is -3.74. The molecule has 1 saturated heterocycles. The summed E-state index contributed by atoms with van der Waals surface area (Å²) in [7, 11) is -5.00. The van der Waals surface area contributed by atoms with E-state index in [0.29, 0.717) is 0 Å². The van der Waals surface area contributed by atoms with Crippen LogP contribution >= 0.6 is 7.82 Å². The van der Waals surface area contributed by atoms with E-state index < -0.39 is 51.2 Å². The Kier molecular flexibility index (Phi) is 5.21. The third-order valence-corrected chi connectivity index (χ3v) is 2.90. The number of hydrogen-bond acceptors (Lipinski definition) is 8. The maximum atomic E-state index is 10.6. The maximum Gasteiger partial charge on any atom is 0.472 e. The first-order valence-corrected chi connectivity index (χ1v) is 6.43. The van der Waals surface area contributed by atoms with E-state index in [4.69, 9.17) is 19.6 Å². The Morgan fingerprint density at radius 1 is 1.17 bits per heavy atom. The third-order valence-electron chi connectivity index (χ3n) is 2.41. The zero-order chi connectivity index (χ0) is 14.1. The van der Waals surface area contributed by atoms with Crippen molar-refractivity contribution in [3.63, 3.8) is 0 Å². The lowest BCUT2D eigenvalue weighted by Gasteiger charge is -2.41. The van der Waals surface area contributed by atoms with Crippen LogP contribution in [0.2, 0.25) is 0 Å². The minimum absolute atomic E-state index is 0.826. The van der Waals surface area contributed by atoms with Gasteiger partial charge in [-0.05, 0) is 0 Å². The molecule has 1 heterocycles. The normalized spacial score (nSPS) is 39.6. The highest BCUT2D eigenvalue weighted by atomic mass is 31.2. The van der Waals surface area contributed by atoms with Crippen LogP contribution in [0, 0.1) is 0 Å². The molecule has 0 bridgehead atoms. The lowest BCUT2D eigenvalue weighted by molar-refractivity contribution is -0.293. The molecule has 10 nitrogen and oxygen atoms in total. The summed E-state index contributed by atoms with van der Waals surface area (Å²) in [5.74, 6) is 0. The summed E-state index contributed by atoms with van der Waals surface area (Å²) in [6.07, 6.45) is -10.7. The minimum atomic E-state index is -5.00. The molecule has 1 aliphatic rings. The zero-order valence-corrected chi connectivity index (χ0v) is 9.87. The lowest BCUT2D eigenvalue weighted by atomic mass is 9.96. The summed E-state index contributed by atoms with van der Waals surface area (Å²) in [5, 5.41) is 46.3. The second kappa shape index (κ2) is 5.88. The van der Waals surface area contributed by atoms with Crippen LogP contribution in [-0.4, -0.2) is 78.7 Å². The molecule has 0 aromatic heterocycles. The smallest absolute Gasteiger partial charge is 0.394 e. The second-order valence-electron chi connectivity index (χ2n) is 3.79. The standard InChI is InChI=1S/C7H15O10P/c8-1-2(9)6-4(11)3(10)5(12)7(16-6)17-18(13,14)15/h2-12H,1H2,(H2,13,14,15)/t2-,3+,4+,5+,6-,7+/m1/s1. The summed E-state index contributed by atoms with van der Waals surface area (Å²) >= 11 is 0. The Morgan fingerprint density at radius 3 is 2.17 bits per heavy atom. The summed E-state index contributed by atoms with van der Waals surface area (Å²) < 4.78 is 19.4. The summed E-state index contributed by atoms with van der Waals surface area (Å²) in [6, 6.07) is 0. The number of phosphoric ester groups is 1. The molecule has 11 heteroatoms. The fourth-order valence-electron chi connectivity index (χ4n) is 1.52. The van der Waals surface area contributed by atoms with Crippen molar-refractivity contribution < 1.29 is 49.1 Å². The number of aliphatic hydroxyl groups is 5. The molecule has 0 saturated carbocycles. The molecule has 1 rings (SSSR count). The van der Waals surface area contributed by atoms with Crippen molar-refractivity contribution in [2.75, 3.05) is 6.61 Å². The fraction of sp³-hybridized carbons (Fsp3) is 1.00.